The molecule has 0 unspecified atom stereocenters. The van der Waals surface area contributed by atoms with Crippen LogP contribution in [0.25, 0.3) is 0 Å². The number of aryl methyl sites for hydroxylation is 2. The van der Waals surface area contributed by atoms with Crippen LogP contribution in [0.15, 0.2) is 64.0 Å². The number of hydrogen-bond donors (Lipinski definition) is 1. The zero-order valence-corrected chi connectivity index (χ0v) is 18.5. The van der Waals surface area contributed by atoms with Gasteiger partial charge in [-0.3, -0.25) is 9.10 Å². The molecule has 0 aliphatic carbocycles. The first-order valence-electron chi connectivity index (χ1n) is 9.73. The van der Waals surface area contributed by atoms with E-state index in [0.717, 1.165) is 9.87 Å². The topological polar surface area (TPSA) is 102 Å². The lowest BCUT2D eigenvalue weighted by atomic mass is 10.1. The number of sulfonamides is 1. The van der Waals surface area contributed by atoms with Crippen LogP contribution in [0.3, 0.4) is 0 Å². The molecule has 0 fully saturated rings. The van der Waals surface area contributed by atoms with E-state index in [1.54, 1.807) is 31.2 Å². The largest absolute Gasteiger partial charge is 0.497 e. The van der Waals surface area contributed by atoms with Crippen molar-refractivity contribution in [1.82, 2.24) is 10.5 Å². The minimum absolute atomic E-state index is 0.0413. The maximum Gasteiger partial charge on any atom is 0.270 e. The van der Waals surface area contributed by atoms with E-state index in [2.05, 4.69) is 10.5 Å². The number of benzene rings is 2. The summed E-state index contributed by atoms with van der Waals surface area (Å²) in [5.41, 5.74) is 1.65. The van der Waals surface area contributed by atoms with Gasteiger partial charge in [0, 0.05) is 6.54 Å². The molecule has 0 saturated carbocycles. The van der Waals surface area contributed by atoms with Crippen LogP contribution < -0.4 is 14.4 Å². The molecule has 2 aromatic carbocycles. The summed E-state index contributed by atoms with van der Waals surface area (Å²) in [4.78, 5) is 12.6. The Balaban J connectivity index is 1.82. The normalized spacial score (nSPS) is 11.2. The number of ether oxygens (including phenoxy) is 1. The van der Waals surface area contributed by atoms with E-state index in [9.17, 15) is 13.2 Å². The summed E-state index contributed by atoms with van der Waals surface area (Å²) in [5.74, 6) is 0.327. The standard InChI is InChI=1S/C22H25N3O5S/c1-16-22(17(2)30-24-16)31(27,28)25(19-9-11-20(29-3)12-10-19)15-21(26)23-14-13-18-7-5-4-6-8-18/h4-12H,13-15H2,1-3H3,(H,23,26). The van der Waals surface area contributed by atoms with Crippen LogP contribution in [0.1, 0.15) is 17.0 Å². The lowest BCUT2D eigenvalue weighted by molar-refractivity contribution is -0.119. The second kappa shape index (κ2) is 9.65. The number of methoxy groups -OCH3 is 1. The van der Waals surface area contributed by atoms with E-state index in [4.69, 9.17) is 9.26 Å². The summed E-state index contributed by atoms with van der Waals surface area (Å²) >= 11 is 0. The summed E-state index contributed by atoms with van der Waals surface area (Å²) in [6.07, 6.45) is 0.645. The van der Waals surface area contributed by atoms with Crippen molar-refractivity contribution in [3.8, 4) is 5.75 Å². The van der Waals surface area contributed by atoms with Crippen LogP contribution in [-0.2, 0) is 21.2 Å². The summed E-state index contributed by atoms with van der Waals surface area (Å²) in [5, 5.41) is 6.54. The maximum absolute atomic E-state index is 13.4. The molecule has 1 aromatic heterocycles. The second-order valence-electron chi connectivity index (χ2n) is 6.95. The van der Waals surface area contributed by atoms with Crippen molar-refractivity contribution < 1.29 is 22.5 Å². The third-order valence-electron chi connectivity index (χ3n) is 4.74. The maximum atomic E-state index is 13.4. The Morgan fingerprint density at radius 3 is 2.35 bits per heavy atom. The van der Waals surface area contributed by atoms with Gasteiger partial charge in [0.15, 0.2) is 10.7 Å². The van der Waals surface area contributed by atoms with Gasteiger partial charge in [-0.05, 0) is 50.1 Å². The molecule has 164 valence electrons. The smallest absolute Gasteiger partial charge is 0.270 e. The molecule has 1 heterocycles. The van der Waals surface area contributed by atoms with Crippen LogP contribution in [0.4, 0.5) is 5.69 Å². The molecule has 0 aliphatic rings. The van der Waals surface area contributed by atoms with Gasteiger partial charge in [-0.25, -0.2) is 8.42 Å². The van der Waals surface area contributed by atoms with Crippen LogP contribution in [0.2, 0.25) is 0 Å². The van der Waals surface area contributed by atoms with Gasteiger partial charge in [-0.2, -0.15) is 0 Å². The Morgan fingerprint density at radius 2 is 1.77 bits per heavy atom. The van der Waals surface area contributed by atoms with Crippen LogP contribution in [0.5, 0.6) is 5.75 Å². The lowest BCUT2D eigenvalue weighted by Gasteiger charge is -2.24. The van der Waals surface area contributed by atoms with Crippen LogP contribution in [0, 0.1) is 13.8 Å². The molecule has 8 nitrogen and oxygen atoms in total. The Labute approximate surface area is 181 Å². The quantitative estimate of drug-likeness (QED) is 0.546. The van der Waals surface area contributed by atoms with Crippen molar-refractivity contribution in [2.75, 3.05) is 24.5 Å². The Kier molecular flexibility index (Phi) is 6.96. The molecule has 1 N–H and O–H groups in total. The summed E-state index contributed by atoms with van der Waals surface area (Å²) < 4.78 is 38.1. The van der Waals surface area contributed by atoms with Gasteiger partial charge in [0.2, 0.25) is 5.91 Å². The predicted molar refractivity (Wildman–Crippen MR) is 117 cm³/mol. The third kappa shape index (κ3) is 5.24. The molecule has 9 heteroatoms. The fourth-order valence-corrected chi connectivity index (χ4v) is 4.91. The molecule has 0 atom stereocenters. The summed E-state index contributed by atoms with van der Waals surface area (Å²) in [6, 6.07) is 16.2. The first kappa shape index (κ1) is 22.4. The average Bonchev–Trinajstić information content (AvgIpc) is 3.11. The molecular formula is C22H25N3O5S. The zero-order valence-electron chi connectivity index (χ0n) is 17.7. The zero-order chi connectivity index (χ0) is 22.4. The predicted octanol–water partition coefficient (Wildman–Crippen LogP) is 2.85. The average molecular weight is 444 g/mol. The molecule has 3 rings (SSSR count). The first-order chi connectivity index (χ1) is 14.8. The van der Waals surface area contributed by atoms with Gasteiger partial charge in [0.05, 0.1) is 12.8 Å². The van der Waals surface area contributed by atoms with E-state index in [-0.39, 0.29) is 22.9 Å². The van der Waals surface area contributed by atoms with Gasteiger partial charge in [0.25, 0.3) is 10.0 Å². The fraction of sp³-hybridized carbons (Fsp3) is 0.273. The first-order valence-corrected chi connectivity index (χ1v) is 11.2. The molecule has 31 heavy (non-hydrogen) atoms. The number of aromatic nitrogens is 1. The number of rotatable bonds is 9. The van der Waals surface area contributed by atoms with Crippen molar-refractivity contribution >= 4 is 21.6 Å². The highest BCUT2D eigenvalue weighted by atomic mass is 32.2. The molecular weight excluding hydrogens is 418 g/mol. The fourth-order valence-electron chi connectivity index (χ4n) is 3.19. The van der Waals surface area contributed by atoms with Gasteiger partial charge < -0.3 is 14.6 Å². The van der Waals surface area contributed by atoms with Gasteiger partial charge in [0.1, 0.15) is 18.0 Å². The van der Waals surface area contributed by atoms with Crippen molar-refractivity contribution in [2.24, 2.45) is 0 Å². The highest BCUT2D eigenvalue weighted by molar-refractivity contribution is 7.93. The van der Waals surface area contributed by atoms with E-state index >= 15 is 0 Å². The highest BCUT2D eigenvalue weighted by Crippen LogP contribution is 2.29. The van der Waals surface area contributed by atoms with Crippen LogP contribution >= 0.6 is 0 Å². The molecule has 0 aliphatic heterocycles. The Morgan fingerprint density at radius 1 is 1.10 bits per heavy atom. The van der Waals surface area contributed by atoms with Gasteiger partial charge in [-0.1, -0.05) is 35.5 Å². The van der Waals surface area contributed by atoms with E-state index in [1.807, 2.05) is 30.3 Å². The SMILES string of the molecule is COc1ccc(N(CC(=O)NCCc2ccccc2)S(=O)(=O)c2c(C)noc2C)cc1. The van der Waals surface area contributed by atoms with Gasteiger partial charge >= 0.3 is 0 Å². The second-order valence-corrected chi connectivity index (χ2v) is 8.75. The Bertz CT molecular complexity index is 1110. The Hall–Kier alpha value is -3.33. The van der Waals surface area contributed by atoms with Gasteiger partial charge in [-0.15, -0.1) is 0 Å². The molecule has 0 saturated heterocycles. The monoisotopic (exact) mass is 443 g/mol. The molecule has 3 aromatic rings. The van der Waals surface area contributed by atoms with E-state index in [1.165, 1.54) is 14.0 Å². The number of hydrogen-bond acceptors (Lipinski definition) is 6. The number of anilines is 1. The summed E-state index contributed by atoms with van der Waals surface area (Å²) in [7, 11) is -2.57. The number of nitrogens with one attached hydrogen (secondary N) is 1. The summed E-state index contributed by atoms with van der Waals surface area (Å²) in [6.45, 7) is 3.09. The third-order valence-corrected chi connectivity index (χ3v) is 6.76. The number of amides is 1. The number of carbonyl (C=O) groups is 1. The van der Waals surface area contributed by atoms with E-state index in [0.29, 0.717) is 24.4 Å². The van der Waals surface area contributed by atoms with Crippen molar-refractivity contribution in [3.05, 3.63) is 71.6 Å². The van der Waals surface area contributed by atoms with Crippen molar-refractivity contribution in [2.45, 2.75) is 25.2 Å². The minimum atomic E-state index is -4.09. The van der Waals surface area contributed by atoms with Crippen molar-refractivity contribution in [1.29, 1.82) is 0 Å². The molecule has 0 radical (unpaired) electrons. The van der Waals surface area contributed by atoms with Crippen molar-refractivity contribution in [3.63, 3.8) is 0 Å². The van der Waals surface area contributed by atoms with Crippen LogP contribution in [-0.4, -0.2) is 39.7 Å². The molecule has 1 amide bonds. The number of nitrogens with zero attached hydrogens (tertiary/aromatic N) is 2. The number of carbonyl (C=O) groups excluding carboxylic acids is 1. The molecule has 0 spiro atoms. The highest BCUT2D eigenvalue weighted by Gasteiger charge is 2.32. The minimum Gasteiger partial charge on any atom is -0.497 e. The lowest BCUT2D eigenvalue weighted by Crippen LogP contribution is -2.41. The van der Waals surface area contributed by atoms with E-state index < -0.39 is 15.9 Å². The molecule has 0 bridgehead atoms.